The van der Waals surface area contributed by atoms with Crippen LogP contribution in [0.15, 0.2) is 47.5 Å². The summed E-state index contributed by atoms with van der Waals surface area (Å²) in [6.07, 6.45) is 5.50. The van der Waals surface area contributed by atoms with Gasteiger partial charge in [0.05, 0.1) is 23.9 Å². The van der Waals surface area contributed by atoms with Gasteiger partial charge in [0.2, 0.25) is 0 Å². The van der Waals surface area contributed by atoms with Crippen LogP contribution in [0.4, 0.5) is 0 Å². The first-order valence-corrected chi connectivity index (χ1v) is 8.98. The Hall–Kier alpha value is -2.11. The van der Waals surface area contributed by atoms with E-state index in [0.717, 1.165) is 13.8 Å². The number of rotatable bonds is 3. The summed E-state index contributed by atoms with van der Waals surface area (Å²) < 4.78 is 9.10. The second-order valence-corrected chi connectivity index (χ2v) is 7.05. The van der Waals surface area contributed by atoms with Crippen LogP contribution >= 0.6 is 33.9 Å². The number of hydrogen-bond acceptors (Lipinski definition) is 3. The zero-order valence-electron chi connectivity index (χ0n) is 12.8. The number of carbonyl (C=O) groups is 1. The lowest BCUT2D eigenvalue weighted by atomic mass is 10.2. The summed E-state index contributed by atoms with van der Waals surface area (Å²) in [7, 11) is 1.61. The Kier molecular flexibility index (Phi) is 5.02. The van der Waals surface area contributed by atoms with Crippen molar-refractivity contribution in [1.82, 2.24) is 4.57 Å². The highest BCUT2D eigenvalue weighted by atomic mass is 127. The number of benzene rings is 2. The second-order valence-electron chi connectivity index (χ2n) is 4.88. The van der Waals surface area contributed by atoms with Crippen LogP contribution in [0, 0.1) is 15.9 Å². The lowest BCUT2D eigenvalue weighted by Gasteiger charge is -2.05. The third kappa shape index (κ3) is 3.09. The Balaban J connectivity index is 2.23. The number of terminal acetylenes is 1. The molecule has 0 atom stereocenters. The van der Waals surface area contributed by atoms with Crippen LogP contribution in [0.25, 0.3) is 10.2 Å². The Labute approximate surface area is 156 Å². The van der Waals surface area contributed by atoms with Gasteiger partial charge >= 0.3 is 0 Å². The van der Waals surface area contributed by atoms with Gasteiger partial charge in [0, 0.05) is 3.57 Å². The molecule has 1 heterocycles. The minimum atomic E-state index is -0.281. The van der Waals surface area contributed by atoms with E-state index >= 15 is 0 Å². The van der Waals surface area contributed by atoms with Crippen LogP contribution in [0.2, 0.25) is 0 Å². The molecule has 2 aromatic carbocycles. The quantitative estimate of drug-likeness (QED) is 0.453. The molecule has 24 heavy (non-hydrogen) atoms. The number of carbonyl (C=O) groups excluding carboxylic acids is 1. The first-order chi connectivity index (χ1) is 11.7. The molecule has 6 heteroatoms. The summed E-state index contributed by atoms with van der Waals surface area (Å²) in [6.45, 7) is 0.318. The summed E-state index contributed by atoms with van der Waals surface area (Å²) >= 11 is 3.55. The van der Waals surface area contributed by atoms with E-state index in [0.29, 0.717) is 22.7 Å². The van der Waals surface area contributed by atoms with Gasteiger partial charge in [-0.15, -0.1) is 6.42 Å². The summed E-state index contributed by atoms with van der Waals surface area (Å²) in [5.74, 6) is 3.05. The van der Waals surface area contributed by atoms with Crippen molar-refractivity contribution in [2.75, 3.05) is 7.11 Å². The molecular weight excluding hydrogens is 435 g/mol. The van der Waals surface area contributed by atoms with Crippen LogP contribution in [0.5, 0.6) is 5.75 Å². The van der Waals surface area contributed by atoms with Gasteiger partial charge in [-0.3, -0.25) is 4.79 Å². The van der Waals surface area contributed by atoms with Gasteiger partial charge in [0.15, 0.2) is 4.80 Å². The number of methoxy groups -OCH3 is 1. The van der Waals surface area contributed by atoms with Gasteiger partial charge in [0.25, 0.3) is 5.91 Å². The number of thiazole rings is 1. The normalized spacial score (nSPS) is 11.5. The zero-order valence-corrected chi connectivity index (χ0v) is 15.8. The minimum absolute atomic E-state index is 0.281. The van der Waals surface area contributed by atoms with Crippen molar-refractivity contribution in [3.05, 3.63) is 56.4 Å². The maximum absolute atomic E-state index is 12.6. The number of nitrogens with zero attached hydrogens (tertiary/aromatic N) is 2. The third-order valence-corrected chi connectivity index (χ3v) is 5.42. The first-order valence-electron chi connectivity index (χ1n) is 7.09. The molecule has 0 saturated carbocycles. The molecule has 120 valence electrons. The number of fused-ring (bicyclic) bond motifs is 1. The number of ether oxygens (including phenoxy) is 1. The smallest absolute Gasteiger partial charge is 0.280 e. The van der Waals surface area contributed by atoms with E-state index in [2.05, 4.69) is 33.5 Å². The summed E-state index contributed by atoms with van der Waals surface area (Å²) in [6, 6.07) is 13.1. The van der Waals surface area contributed by atoms with Crippen LogP contribution in [-0.4, -0.2) is 17.6 Å². The van der Waals surface area contributed by atoms with Crippen LogP contribution in [0.1, 0.15) is 10.4 Å². The van der Waals surface area contributed by atoms with Crippen molar-refractivity contribution in [3.63, 3.8) is 0 Å². The molecule has 0 aliphatic rings. The Bertz CT molecular complexity index is 1030. The molecule has 1 aromatic heterocycles. The molecule has 0 bridgehead atoms. The summed E-state index contributed by atoms with van der Waals surface area (Å²) in [5, 5.41) is 0. The van der Waals surface area contributed by atoms with Crippen molar-refractivity contribution in [2.45, 2.75) is 6.54 Å². The molecule has 1 amide bonds. The molecule has 0 N–H and O–H groups in total. The molecule has 0 aliphatic carbocycles. The van der Waals surface area contributed by atoms with Crippen LogP contribution in [-0.2, 0) is 6.54 Å². The van der Waals surface area contributed by atoms with E-state index in [1.54, 1.807) is 13.2 Å². The standard InChI is InChI=1S/C18H13IN2O2S/c1-3-11-21-16-14(23-2)9-6-10-15(16)24-18(21)20-17(22)12-7-4-5-8-13(12)19/h1,4-10H,11H2,2H3. The zero-order chi connectivity index (χ0) is 17.1. The summed E-state index contributed by atoms with van der Waals surface area (Å²) in [4.78, 5) is 17.4. The molecule has 3 aromatic rings. The molecule has 3 rings (SSSR count). The van der Waals surface area contributed by atoms with Gasteiger partial charge in [-0.25, -0.2) is 0 Å². The maximum atomic E-state index is 12.6. The van der Waals surface area contributed by atoms with Gasteiger partial charge < -0.3 is 9.30 Å². The largest absolute Gasteiger partial charge is 0.495 e. The van der Waals surface area contributed by atoms with E-state index in [-0.39, 0.29) is 5.91 Å². The number of amides is 1. The highest BCUT2D eigenvalue weighted by Crippen LogP contribution is 2.27. The molecule has 0 fully saturated rings. The SMILES string of the molecule is C#CCn1c(=NC(=O)c2ccccc2I)sc2cccc(OC)c21. The van der Waals surface area contributed by atoms with Gasteiger partial charge in [-0.2, -0.15) is 4.99 Å². The highest BCUT2D eigenvalue weighted by Gasteiger charge is 2.13. The van der Waals surface area contributed by atoms with Crippen molar-refractivity contribution >= 4 is 50.1 Å². The number of para-hydroxylation sites is 1. The third-order valence-electron chi connectivity index (χ3n) is 3.43. The average molecular weight is 448 g/mol. The minimum Gasteiger partial charge on any atom is -0.495 e. The predicted octanol–water partition coefficient (Wildman–Crippen LogP) is 3.69. The lowest BCUT2D eigenvalue weighted by molar-refractivity contribution is 0.0997. The van der Waals surface area contributed by atoms with Gasteiger partial charge in [0.1, 0.15) is 11.3 Å². The van der Waals surface area contributed by atoms with Gasteiger partial charge in [-0.05, 0) is 46.9 Å². The molecule has 0 aliphatic heterocycles. The van der Waals surface area contributed by atoms with E-state index in [9.17, 15) is 4.79 Å². The van der Waals surface area contributed by atoms with Crippen molar-refractivity contribution in [3.8, 4) is 18.1 Å². The van der Waals surface area contributed by atoms with E-state index < -0.39 is 0 Å². The molecule has 0 unspecified atom stereocenters. The Morgan fingerprint density at radius 3 is 2.83 bits per heavy atom. The monoisotopic (exact) mass is 448 g/mol. The summed E-state index contributed by atoms with van der Waals surface area (Å²) in [5.41, 5.74) is 1.44. The van der Waals surface area contributed by atoms with Crippen molar-refractivity contribution in [2.24, 2.45) is 4.99 Å². The van der Waals surface area contributed by atoms with E-state index in [4.69, 9.17) is 11.2 Å². The van der Waals surface area contributed by atoms with E-state index in [1.165, 1.54) is 11.3 Å². The van der Waals surface area contributed by atoms with E-state index in [1.807, 2.05) is 41.0 Å². The van der Waals surface area contributed by atoms with Crippen LogP contribution < -0.4 is 9.54 Å². The maximum Gasteiger partial charge on any atom is 0.280 e. The number of hydrogen-bond donors (Lipinski definition) is 0. The lowest BCUT2D eigenvalue weighted by Crippen LogP contribution is -2.17. The highest BCUT2D eigenvalue weighted by molar-refractivity contribution is 14.1. The molecule has 0 spiro atoms. The Morgan fingerprint density at radius 1 is 1.33 bits per heavy atom. The van der Waals surface area contributed by atoms with Gasteiger partial charge in [-0.1, -0.05) is 35.5 Å². The average Bonchev–Trinajstić information content (AvgIpc) is 2.93. The van der Waals surface area contributed by atoms with Crippen molar-refractivity contribution in [1.29, 1.82) is 0 Å². The predicted molar refractivity (Wildman–Crippen MR) is 104 cm³/mol. The number of aromatic nitrogens is 1. The topological polar surface area (TPSA) is 43.6 Å². The molecule has 4 nitrogen and oxygen atoms in total. The fourth-order valence-corrected chi connectivity index (χ4v) is 4.03. The Morgan fingerprint density at radius 2 is 2.12 bits per heavy atom. The molecule has 0 saturated heterocycles. The molecule has 0 radical (unpaired) electrons. The fraction of sp³-hybridized carbons (Fsp3) is 0.111. The first kappa shape index (κ1) is 16.7. The van der Waals surface area contributed by atoms with Crippen LogP contribution in [0.3, 0.4) is 0 Å². The number of halogens is 1. The second kappa shape index (κ2) is 7.20. The molecular formula is C18H13IN2O2S. The van der Waals surface area contributed by atoms with Crippen molar-refractivity contribution < 1.29 is 9.53 Å². The fourth-order valence-electron chi connectivity index (χ4n) is 2.37.